The topological polar surface area (TPSA) is 119 Å². The molecular weight excluding hydrogens is 517 g/mol. The Morgan fingerprint density at radius 2 is 1.90 bits per heavy atom. The number of phenols is 1. The van der Waals surface area contributed by atoms with Crippen LogP contribution in [0, 0.1) is 18.7 Å². The number of ether oxygens (including phenoxy) is 2. The molecule has 0 spiro atoms. The number of allylic oxidation sites excluding steroid dienone is 2. The normalized spacial score (nSPS) is 19.6. The molecule has 2 N–H and O–H groups in total. The van der Waals surface area contributed by atoms with Crippen molar-refractivity contribution in [1.82, 2.24) is 5.32 Å². The Morgan fingerprint density at radius 3 is 2.55 bits per heavy atom. The molecule has 3 aromatic rings. The molecule has 0 saturated heterocycles. The molecular formula is C31H28FNO7. The molecule has 8 nitrogen and oxygen atoms in total. The van der Waals surface area contributed by atoms with Crippen molar-refractivity contribution in [3.63, 3.8) is 0 Å². The number of benzene rings is 3. The van der Waals surface area contributed by atoms with Gasteiger partial charge in [0.1, 0.15) is 45.8 Å². The molecule has 1 heterocycles. The number of hydrogen-bond acceptors (Lipinski definition) is 7. The lowest BCUT2D eigenvalue weighted by Crippen LogP contribution is -2.47. The van der Waals surface area contributed by atoms with Gasteiger partial charge in [0, 0.05) is 24.1 Å². The molecule has 206 valence electrons. The van der Waals surface area contributed by atoms with E-state index in [1.807, 2.05) is 19.1 Å². The molecule has 0 bridgehead atoms. The lowest BCUT2D eigenvalue weighted by Gasteiger charge is -2.30. The molecule has 0 radical (unpaired) electrons. The lowest BCUT2D eigenvalue weighted by molar-refractivity contribution is -0.140. The number of carbonyl (C=O) groups excluding carboxylic acids is 4. The molecule has 2 aliphatic rings. The van der Waals surface area contributed by atoms with Gasteiger partial charge < -0.3 is 19.9 Å². The zero-order valence-electron chi connectivity index (χ0n) is 22.7. The first kappa shape index (κ1) is 27.1. The van der Waals surface area contributed by atoms with Gasteiger partial charge in [-0.3, -0.25) is 19.2 Å². The average molecular weight is 546 g/mol. The second-order valence-corrected chi connectivity index (χ2v) is 10.3. The molecule has 1 unspecified atom stereocenters. The highest BCUT2D eigenvalue weighted by Crippen LogP contribution is 2.56. The number of nitrogens with one attached hydrogen (secondary N) is 1. The number of ketones is 3. The van der Waals surface area contributed by atoms with Crippen molar-refractivity contribution in [2.24, 2.45) is 5.92 Å². The number of Topliss-reactive ketones (excluding diaryl/α,β-unsaturated/α-hetero) is 2. The first-order valence-corrected chi connectivity index (χ1v) is 12.9. The van der Waals surface area contributed by atoms with Crippen LogP contribution in [-0.2, 0) is 32.8 Å². The van der Waals surface area contributed by atoms with Crippen molar-refractivity contribution in [3.8, 4) is 17.2 Å². The predicted octanol–water partition coefficient (Wildman–Crippen LogP) is 4.38. The summed E-state index contributed by atoms with van der Waals surface area (Å²) in [7, 11) is 1.31. The molecule has 2 atom stereocenters. The van der Waals surface area contributed by atoms with Crippen LogP contribution in [-0.4, -0.2) is 35.5 Å². The average Bonchev–Trinajstić information content (AvgIpc) is 3.20. The number of aromatic hydroxyl groups is 1. The van der Waals surface area contributed by atoms with Gasteiger partial charge in [0.25, 0.3) is 5.91 Å². The number of hydrogen-bond donors (Lipinski definition) is 2. The van der Waals surface area contributed by atoms with E-state index in [0.717, 1.165) is 29.7 Å². The van der Waals surface area contributed by atoms with E-state index < -0.39 is 34.6 Å². The molecule has 3 aromatic carbocycles. The molecule has 40 heavy (non-hydrogen) atoms. The fourth-order valence-corrected chi connectivity index (χ4v) is 5.78. The van der Waals surface area contributed by atoms with Gasteiger partial charge in [-0.2, -0.15) is 0 Å². The van der Waals surface area contributed by atoms with Crippen LogP contribution < -0.4 is 14.8 Å². The Kier molecular flexibility index (Phi) is 6.48. The fourth-order valence-electron chi connectivity index (χ4n) is 5.78. The van der Waals surface area contributed by atoms with E-state index in [2.05, 4.69) is 5.32 Å². The largest absolute Gasteiger partial charge is 0.507 e. The van der Waals surface area contributed by atoms with Gasteiger partial charge in [0.15, 0.2) is 17.3 Å². The van der Waals surface area contributed by atoms with Crippen molar-refractivity contribution in [2.45, 2.75) is 46.1 Å². The smallest absolute Gasteiger partial charge is 0.259 e. The van der Waals surface area contributed by atoms with E-state index in [0.29, 0.717) is 17.2 Å². The highest BCUT2D eigenvalue weighted by atomic mass is 19.1. The summed E-state index contributed by atoms with van der Waals surface area (Å²) < 4.78 is 26.0. The minimum Gasteiger partial charge on any atom is -0.507 e. The van der Waals surface area contributed by atoms with Gasteiger partial charge in [-0.05, 0) is 55.3 Å². The first-order valence-electron chi connectivity index (χ1n) is 12.9. The number of methoxy groups -OCH3 is 1. The second-order valence-electron chi connectivity index (χ2n) is 10.3. The number of carbonyl (C=O) groups is 4. The molecule has 0 saturated carbocycles. The first-order chi connectivity index (χ1) is 18.9. The summed E-state index contributed by atoms with van der Waals surface area (Å²) in [6.45, 7) is 6.40. The van der Waals surface area contributed by atoms with Gasteiger partial charge in [-0.15, -0.1) is 0 Å². The van der Waals surface area contributed by atoms with Gasteiger partial charge in [-0.1, -0.05) is 25.1 Å². The second kappa shape index (κ2) is 9.59. The maximum absolute atomic E-state index is 14.7. The van der Waals surface area contributed by atoms with Gasteiger partial charge in [-0.25, -0.2) is 4.39 Å². The van der Waals surface area contributed by atoms with Gasteiger partial charge in [0.05, 0.1) is 12.7 Å². The number of rotatable bonds is 6. The molecule has 1 aliphatic carbocycles. The van der Waals surface area contributed by atoms with Crippen LogP contribution in [0.5, 0.6) is 17.2 Å². The molecule has 0 aromatic heterocycles. The van der Waals surface area contributed by atoms with Crippen LogP contribution in [0.4, 0.5) is 4.39 Å². The predicted molar refractivity (Wildman–Crippen MR) is 144 cm³/mol. The maximum Gasteiger partial charge on any atom is 0.259 e. The van der Waals surface area contributed by atoms with Crippen LogP contribution in [0.25, 0.3) is 10.8 Å². The summed E-state index contributed by atoms with van der Waals surface area (Å²) in [5, 5.41) is 14.9. The Labute approximate surface area is 229 Å². The Hall–Kier alpha value is -4.53. The summed E-state index contributed by atoms with van der Waals surface area (Å²) >= 11 is 0. The highest BCUT2D eigenvalue weighted by Gasteiger charge is 2.58. The molecule has 5 rings (SSSR count). The summed E-state index contributed by atoms with van der Waals surface area (Å²) in [6.07, 6.45) is 1.72. The van der Waals surface area contributed by atoms with E-state index in [1.165, 1.54) is 26.2 Å². The molecule has 1 aliphatic heterocycles. The number of phenolic OH excluding ortho intramolecular Hbond substituents is 1. The number of fused-ring (bicyclic) bond motifs is 4. The van der Waals surface area contributed by atoms with Gasteiger partial charge >= 0.3 is 0 Å². The standard InChI is InChI=1S/C31H28FNO7/c1-6-16-7-8-17-18(9-14(2)10-20(17)32)19(16)13-33-30(38)26-23(39-5)11-22(36)27-28(26)40-24-12-21(35)25(15(3)34)29(37)31(24,27)4/h7-12,25,36H,6,13H2,1-5H3,(H,33,38)/t25?,31-/m1/s1. The molecule has 1 amide bonds. The minimum atomic E-state index is -1.66. The Bertz CT molecular complexity index is 1690. The van der Waals surface area contributed by atoms with E-state index in [4.69, 9.17) is 9.47 Å². The van der Waals surface area contributed by atoms with E-state index in [-0.39, 0.29) is 46.5 Å². The highest BCUT2D eigenvalue weighted by molar-refractivity contribution is 6.27. The lowest BCUT2D eigenvalue weighted by atomic mass is 9.67. The van der Waals surface area contributed by atoms with Crippen LogP contribution in [0.3, 0.4) is 0 Å². The van der Waals surface area contributed by atoms with Crippen molar-refractivity contribution in [1.29, 1.82) is 0 Å². The quantitative estimate of drug-likeness (QED) is 0.441. The monoisotopic (exact) mass is 545 g/mol. The molecule has 9 heteroatoms. The van der Waals surface area contributed by atoms with Crippen LogP contribution in [0.15, 0.2) is 42.2 Å². The maximum atomic E-state index is 14.7. The number of amides is 1. The van der Waals surface area contributed by atoms with E-state index in [9.17, 15) is 28.7 Å². The van der Waals surface area contributed by atoms with Gasteiger partial charge in [0.2, 0.25) is 0 Å². The van der Waals surface area contributed by atoms with Crippen molar-refractivity contribution >= 4 is 34.0 Å². The van der Waals surface area contributed by atoms with Crippen molar-refractivity contribution in [2.75, 3.05) is 7.11 Å². The Balaban J connectivity index is 1.60. The third-order valence-electron chi connectivity index (χ3n) is 7.84. The third-order valence-corrected chi connectivity index (χ3v) is 7.84. The van der Waals surface area contributed by atoms with Crippen molar-refractivity contribution < 1.29 is 38.1 Å². The van der Waals surface area contributed by atoms with Crippen LogP contribution in [0.2, 0.25) is 0 Å². The summed E-state index contributed by atoms with van der Waals surface area (Å²) in [6, 6.07) is 8.08. The van der Waals surface area contributed by atoms with E-state index in [1.54, 1.807) is 13.0 Å². The van der Waals surface area contributed by atoms with E-state index >= 15 is 0 Å². The Morgan fingerprint density at radius 1 is 1.18 bits per heavy atom. The van der Waals surface area contributed by atoms with Crippen LogP contribution >= 0.6 is 0 Å². The molecule has 0 fully saturated rings. The zero-order chi connectivity index (χ0) is 29.1. The summed E-state index contributed by atoms with van der Waals surface area (Å²) in [5.74, 6) is -5.24. The zero-order valence-corrected chi connectivity index (χ0v) is 22.7. The SMILES string of the molecule is CCc1ccc2c(F)cc(C)cc2c1CNC(=O)c1c(OC)cc(O)c2c1OC1=CC(=O)C(C(C)=O)C(=O)[C@]12C. The number of aryl methyl sites for hydroxylation is 2. The van der Waals surface area contributed by atoms with Crippen LogP contribution in [0.1, 0.15) is 53.4 Å². The third kappa shape index (κ3) is 3.87. The summed E-state index contributed by atoms with van der Waals surface area (Å²) in [4.78, 5) is 51.9. The van der Waals surface area contributed by atoms with Crippen molar-refractivity contribution in [3.05, 3.63) is 75.8 Å². The summed E-state index contributed by atoms with van der Waals surface area (Å²) in [5.41, 5.74) is 0.646. The fraction of sp³-hybridized carbons (Fsp3) is 0.290. The number of halogens is 1. The minimum absolute atomic E-state index is 0.0194.